The fourth-order valence-electron chi connectivity index (χ4n) is 1.26. The van der Waals surface area contributed by atoms with Crippen LogP contribution >= 0.6 is 0 Å². The van der Waals surface area contributed by atoms with Gasteiger partial charge in [-0.05, 0) is 31.9 Å². The van der Waals surface area contributed by atoms with Crippen molar-refractivity contribution in [3.05, 3.63) is 49.1 Å². The van der Waals surface area contributed by atoms with Crippen LogP contribution in [0.25, 0.3) is 5.57 Å². The highest BCUT2D eigenvalue weighted by atomic mass is 16.5. The lowest BCUT2D eigenvalue weighted by molar-refractivity contribution is 0.162. The molecule has 0 saturated heterocycles. The SMILES string of the molecule is C=CCC(=C)c1ccccc1O.CCOCC. The first-order chi connectivity index (χ1) is 8.17. The Kier molecular flexibility index (Phi) is 8.79. The molecule has 0 saturated carbocycles. The van der Waals surface area contributed by atoms with Gasteiger partial charge in [-0.1, -0.05) is 30.9 Å². The Balaban J connectivity index is 0.000000437. The summed E-state index contributed by atoms with van der Waals surface area (Å²) < 4.78 is 4.83. The van der Waals surface area contributed by atoms with Crippen LogP contribution in [0.1, 0.15) is 25.8 Å². The van der Waals surface area contributed by atoms with Gasteiger partial charge in [0.2, 0.25) is 0 Å². The highest BCUT2D eigenvalue weighted by Gasteiger charge is 2.01. The van der Waals surface area contributed by atoms with Gasteiger partial charge in [-0.25, -0.2) is 0 Å². The van der Waals surface area contributed by atoms with Crippen LogP contribution in [-0.2, 0) is 4.74 Å². The summed E-state index contributed by atoms with van der Waals surface area (Å²) in [5, 5.41) is 9.41. The molecule has 0 unspecified atom stereocenters. The number of hydrogen-bond donors (Lipinski definition) is 1. The van der Waals surface area contributed by atoms with Gasteiger partial charge < -0.3 is 9.84 Å². The number of para-hydroxylation sites is 1. The molecule has 0 aliphatic rings. The van der Waals surface area contributed by atoms with Crippen molar-refractivity contribution >= 4 is 5.57 Å². The van der Waals surface area contributed by atoms with Crippen LogP contribution in [0.5, 0.6) is 5.75 Å². The van der Waals surface area contributed by atoms with E-state index in [1.807, 2.05) is 26.0 Å². The van der Waals surface area contributed by atoms with Crippen LogP contribution in [0.2, 0.25) is 0 Å². The van der Waals surface area contributed by atoms with Crippen molar-refractivity contribution in [2.45, 2.75) is 20.3 Å². The van der Waals surface area contributed by atoms with Crippen LogP contribution in [0.3, 0.4) is 0 Å². The lowest BCUT2D eigenvalue weighted by atomic mass is 10.0. The van der Waals surface area contributed by atoms with Crippen molar-refractivity contribution < 1.29 is 9.84 Å². The minimum Gasteiger partial charge on any atom is -0.507 e. The maximum atomic E-state index is 9.41. The number of phenols is 1. The Morgan fingerprint density at radius 1 is 1.29 bits per heavy atom. The average molecular weight is 234 g/mol. The summed E-state index contributed by atoms with van der Waals surface area (Å²) >= 11 is 0. The third-order valence-electron chi connectivity index (χ3n) is 2.08. The molecule has 2 nitrogen and oxygen atoms in total. The first kappa shape index (κ1) is 15.5. The smallest absolute Gasteiger partial charge is 0.123 e. The summed E-state index contributed by atoms with van der Waals surface area (Å²) in [5.41, 5.74) is 1.69. The summed E-state index contributed by atoms with van der Waals surface area (Å²) in [6.45, 7) is 13.1. The summed E-state index contributed by atoms with van der Waals surface area (Å²) in [6.07, 6.45) is 2.48. The summed E-state index contributed by atoms with van der Waals surface area (Å²) in [4.78, 5) is 0. The first-order valence-corrected chi connectivity index (χ1v) is 5.82. The highest BCUT2D eigenvalue weighted by molar-refractivity contribution is 5.69. The minimum absolute atomic E-state index is 0.282. The number of allylic oxidation sites excluding steroid dienone is 2. The number of hydrogen-bond acceptors (Lipinski definition) is 2. The van der Waals surface area contributed by atoms with Gasteiger partial charge >= 0.3 is 0 Å². The molecule has 1 rings (SSSR count). The molecule has 17 heavy (non-hydrogen) atoms. The van der Waals surface area contributed by atoms with E-state index in [0.717, 1.165) is 24.4 Å². The molecule has 0 bridgehead atoms. The van der Waals surface area contributed by atoms with Crippen LogP contribution in [-0.4, -0.2) is 18.3 Å². The zero-order chi connectivity index (χ0) is 13.1. The standard InChI is InChI=1S/C11H12O.C4H10O/c1-3-6-9(2)10-7-4-5-8-11(10)12;1-3-5-4-2/h3-5,7-8,12H,1-2,6H2;3-4H2,1-2H3. The van der Waals surface area contributed by atoms with E-state index >= 15 is 0 Å². The zero-order valence-corrected chi connectivity index (χ0v) is 10.8. The van der Waals surface area contributed by atoms with E-state index in [4.69, 9.17) is 4.74 Å². The molecule has 0 aliphatic heterocycles. The highest BCUT2D eigenvalue weighted by Crippen LogP contribution is 2.25. The van der Waals surface area contributed by atoms with Gasteiger partial charge in [0.1, 0.15) is 5.75 Å². The van der Waals surface area contributed by atoms with Crippen molar-refractivity contribution in [3.63, 3.8) is 0 Å². The fourth-order valence-corrected chi connectivity index (χ4v) is 1.26. The Morgan fingerprint density at radius 2 is 1.88 bits per heavy atom. The van der Waals surface area contributed by atoms with Crippen LogP contribution in [0.15, 0.2) is 43.5 Å². The number of benzene rings is 1. The summed E-state index contributed by atoms with van der Waals surface area (Å²) in [6, 6.07) is 7.17. The second-order valence-electron chi connectivity index (χ2n) is 3.39. The Labute approximate surface area is 104 Å². The Morgan fingerprint density at radius 3 is 2.29 bits per heavy atom. The molecule has 1 aromatic carbocycles. The van der Waals surface area contributed by atoms with Crippen LogP contribution < -0.4 is 0 Å². The molecule has 1 aromatic rings. The van der Waals surface area contributed by atoms with E-state index in [-0.39, 0.29) is 5.75 Å². The number of phenolic OH excluding ortho intramolecular Hbond substituents is 1. The quantitative estimate of drug-likeness (QED) is 0.779. The number of aromatic hydroxyl groups is 1. The monoisotopic (exact) mass is 234 g/mol. The lowest BCUT2D eigenvalue weighted by Crippen LogP contribution is -1.84. The first-order valence-electron chi connectivity index (χ1n) is 5.82. The maximum Gasteiger partial charge on any atom is 0.123 e. The second-order valence-corrected chi connectivity index (χ2v) is 3.39. The zero-order valence-electron chi connectivity index (χ0n) is 10.8. The van der Waals surface area contributed by atoms with Gasteiger partial charge in [-0.15, -0.1) is 6.58 Å². The summed E-state index contributed by atoms with van der Waals surface area (Å²) in [5.74, 6) is 0.282. The van der Waals surface area contributed by atoms with Gasteiger partial charge in [0, 0.05) is 18.8 Å². The Hall–Kier alpha value is -1.54. The molecule has 2 heteroatoms. The molecular weight excluding hydrogens is 212 g/mol. The van der Waals surface area contributed by atoms with Gasteiger partial charge in [0.05, 0.1) is 0 Å². The van der Waals surface area contributed by atoms with Crippen molar-refractivity contribution in [2.75, 3.05) is 13.2 Å². The molecule has 0 aliphatic carbocycles. The van der Waals surface area contributed by atoms with Crippen LogP contribution in [0, 0.1) is 0 Å². The van der Waals surface area contributed by atoms with E-state index < -0.39 is 0 Å². The van der Waals surface area contributed by atoms with Crippen LogP contribution in [0.4, 0.5) is 0 Å². The number of ether oxygens (including phenoxy) is 1. The molecule has 1 N–H and O–H groups in total. The third kappa shape index (κ3) is 6.59. The van der Waals surface area contributed by atoms with E-state index in [0.29, 0.717) is 6.42 Å². The van der Waals surface area contributed by atoms with Gasteiger partial charge in [-0.3, -0.25) is 0 Å². The fraction of sp³-hybridized carbons (Fsp3) is 0.333. The van der Waals surface area contributed by atoms with Gasteiger partial charge in [0.25, 0.3) is 0 Å². The molecule has 0 radical (unpaired) electrons. The molecule has 0 atom stereocenters. The largest absolute Gasteiger partial charge is 0.507 e. The van der Waals surface area contributed by atoms with E-state index in [9.17, 15) is 5.11 Å². The number of rotatable bonds is 5. The molecule has 0 fully saturated rings. The molecule has 0 aromatic heterocycles. The predicted octanol–water partition coefficient (Wildman–Crippen LogP) is 4.02. The average Bonchev–Trinajstić information content (AvgIpc) is 2.32. The third-order valence-corrected chi connectivity index (χ3v) is 2.08. The normalized spacial score (nSPS) is 9.06. The molecular formula is C15H22O2. The van der Waals surface area contributed by atoms with Gasteiger partial charge in [-0.2, -0.15) is 0 Å². The predicted molar refractivity (Wildman–Crippen MR) is 74.1 cm³/mol. The summed E-state index contributed by atoms with van der Waals surface area (Å²) in [7, 11) is 0. The second kappa shape index (κ2) is 9.67. The van der Waals surface area contributed by atoms with Crippen molar-refractivity contribution in [3.8, 4) is 5.75 Å². The molecule has 94 valence electrons. The Bertz CT molecular complexity index is 341. The molecule has 0 amide bonds. The van der Waals surface area contributed by atoms with E-state index in [1.165, 1.54) is 0 Å². The molecule has 0 spiro atoms. The van der Waals surface area contributed by atoms with E-state index in [1.54, 1.807) is 18.2 Å². The lowest BCUT2D eigenvalue weighted by Gasteiger charge is -2.04. The molecule has 0 heterocycles. The topological polar surface area (TPSA) is 29.5 Å². The van der Waals surface area contributed by atoms with Gasteiger partial charge in [0.15, 0.2) is 0 Å². The minimum atomic E-state index is 0.282. The van der Waals surface area contributed by atoms with Crippen molar-refractivity contribution in [1.82, 2.24) is 0 Å². The van der Waals surface area contributed by atoms with Crippen molar-refractivity contribution in [1.29, 1.82) is 0 Å². The maximum absolute atomic E-state index is 9.41. The van der Waals surface area contributed by atoms with E-state index in [2.05, 4.69) is 13.2 Å². The van der Waals surface area contributed by atoms with Crippen molar-refractivity contribution in [2.24, 2.45) is 0 Å².